The molecular weight excluding hydrogens is 296 g/mol. The minimum Gasteiger partial charge on any atom is -0.379 e. The Morgan fingerprint density at radius 2 is 1.83 bits per heavy atom. The number of piperidine rings is 1. The number of hydrogen-bond donors (Lipinski definition) is 5. The first-order valence-electron chi connectivity index (χ1n) is 8.20. The third-order valence-corrected chi connectivity index (χ3v) is 4.83. The molecule has 127 valence electrons. The molecule has 5 atom stereocenters. The molecule has 0 aliphatic carbocycles. The summed E-state index contributed by atoms with van der Waals surface area (Å²) in [7, 11) is 0. The van der Waals surface area contributed by atoms with Gasteiger partial charge in [-0.1, -0.05) is 31.5 Å². The summed E-state index contributed by atoms with van der Waals surface area (Å²) in [4.78, 5) is 1.51. The number of aliphatic hydroxyl groups excluding tert-OH is 4. The predicted molar refractivity (Wildman–Crippen MR) is 84.7 cm³/mol. The second-order valence-corrected chi connectivity index (χ2v) is 6.39. The van der Waals surface area contributed by atoms with Crippen LogP contribution < -0.4 is 5.32 Å². The van der Waals surface area contributed by atoms with Crippen molar-refractivity contribution >= 4 is 0 Å². The van der Waals surface area contributed by atoms with Crippen LogP contribution >= 0.6 is 0 Å². The predicted octanol–water partition coefficient (Wildman–Crippen LogP) is 0.530. The van der Waals surface area contributed by atoms with Crippen molar-refractivity contribution in [3.05, 3.63) is 41.8 Å². The van der Waals surface area contributed by atoms with Gasteiger partial charge in [0.25, 0.3) is 0 Å². The van der Waals surface area contributed by atoms with Gasteiger partial charge in [0.1, 0.15) is 24.9 Å². The van der Waals surface area contributed by atoms with Crippen LogP contribution in [0.1, 0.15) is 54.8 Å². The van der Waals surface area contributed by atoms with Gasteiger partial charge in [-0.2, -0.15) is 0 Å². The maximum absolute atomic E-state index is 10.6. The zero-order valence-corrected chi connectivity index (χ0v) is 13.1. The van der Waals surface area contributed by atoms with Gasteiger partial charge in [-0.15, -0.1) is 0 Å². The topological polar surface area (TPSA) is 96.2 Å². The maximum Gasteiger partial charge on any atom is 0.136 e. The van der Waals surface area contributed by atoms with Crippen molar-refractivity contribution in [2.24, 2.45) is 0 Å². The monoisotopic (exact) mass is 321 g/mol. The molecule has 6 nitrogen and oxygen atoms in total. The van der Waals surface area contributed by atoms with E-state index in [0.717, 1.165) is 24.8 Å². The second-order valence-electron chi connectivity index (χ2n) is 6.39. The van der Waals surface area contributed by atoms with E-state index in [0.29, 0.717) is 24.0 Å². The quantitative estimate of drug-likeness (QED) is 0.555. The molecule has 2 aliphatic rings. The van der Waals surface area contributed by atoms with Crippen LogP contribution in [-0.4, -0.2) is 43.8 Å². The first kappa shape index (κ1) is 16.8. The Kier molecular flexibility index (Phi) is 5.01. The largest absolute Gasteiger partial charge is 0.379 e. The van der Waals surface area contributed by atoms with Gasteiger partial charge in [-0.25, -0.2) is 4.90 Å². The number of unbranched alkanes of at least 4 members (excludes halogenated alkanes) is 1. The van der Waals surface area contributed by atoms with Crippen molar-refractivity contribution in [1.82, 2.24) is 10.2 Å². The van der Waals surface area contributed by atoms with Gasteiger partial charge >= 0.3 is 0 Å². The van der Waals surface area contributed by atoms with Gasteiger partial charge in [-0.05, 0) is 31.2 Å². The van der Waals surface area contributed by atoms with Gasteiger partial charge in [0.15, 0.2) is 0 Å². The molecule has 2 aliphatic heterocycles. The number of fused-ring (bicyclic) bond motifs is 1. The standard InChI is InChI=1S/C17H25N2O4/c1-2-3-4-10-5-6-11-12(9-10)17(23)19(16(11)22)13-7-8-14(20)18-15(13)21/h5-6,9,13-18,20-23H,1-4,7-8H2. The summed E-state index contributed by atoms with van der Waals surface area (Å²) in [5.41, 5.74) is 2.48. The second kappa shape index (κ2) is 6.84. The number of rotatable bonds is 4. The van der Waals surface area contributed by atoms with Crippen LogP contribution in [0.3, 0.4) is 0 Å². The molecule has 0 saturated carbocycles. The van der Waals surface area contributed by atoms with Gasteiger partial charge in [0.2, 0.25) is 0 Å². The molecule has 1 aromatic carbocycles. The van der Waals surface area contributed by atoms with Gasteiger partial charge in [0.05, 0.1) is 6.04 Å². The van der Waals surface area contributed by atoms with Crippen molar-refractivity contribution in [3.8, 4) is 0 Å². The molecule has 0 aromatic heterocycles. The summed E-state index contributed by atoms with van der Waals surface area (Å²) in [6, 6.07) is 5.28. The van der Waals surface area contributed by atoms with E-state index in [2.05, 4.69) is 12.2 Å². The fourth-order valence-corrected chi connectivity index (χ4v) is 3.58. The van der Waals surface area contributed by atoms with E-state index in [9.17, 15) is 20.4 Å². The normalized spacial score (nSPS) is 34.6. The minimum absolute atomic E-state index is 0.459. The zero-order valence-electron chi connectivity index (χ0n) is 13.1. The average molecular weight is 321 g/mol. The molecule has 5 N–H and O–H groups in total. The van der Waals surface area contributed by atoms with E-state index < -0.39 is 31.0 Å². The molecule has 5 unspecified atom stereocenters. The van der Waals surface area contributed by atoms with Crippen LogP contribution in [0, 0.1) is 6.92 Å². The average Bonchev–Trinajstić information content (AvgIpc) is 2.77. The van der Waals surface area contributed by atoms with Gasteiger partial charge in [0, 0.05) is 11.1 Å². The van der Waals surface area contributed by atoms with E-state index in [1.54, 1.807) is 0 Å². The summed E-state index contributed by atoms with van der Waals surface area (Å²) < 4.78 is 0. The number of nitrogens with one attached hydrogen (secondary N) is 1. The zero-order chi connectivity index (χ0) is 16.6. The third-order valence-electron chi connectivity index (χ3n) is 4.83. The Balaban J connectivity index is 1.82. The minimum atomic E-state index is -0.997. The molecule has 3 rings (SSSR count). The fraction of sp³-hybridized carbons (Fsp3) is 0.588. The molecule has 0 amide bonds. The maximum atomic E-state index is 10.6. The highest BCUT2D eigenvalue weighted by Gasteiger charge is 2.44. The van der Waals surface area contributed by atoms with Crippen molar-refractivity contribution in [3.63, 3.8) is 0 Å². The van der Waals surface area contributed by atoms with Gasteiger partial charge < -0.3 is 20.4 Å². The molecule has 1 saturated heterocycles. The van der Waals surface area contributed by atoms with Gasteiger partial charge in [-0.3, -0.25) is 5.32 Å². The number of aliphatic hydroxyl groups is 4. The highest BCUT2D eigenvalue weighted by atomic mass is 16.3. The van der Waals surface area contributed by atoms with Crippen LogP contribution in [0.4, 0.5) is 0 Å². The van der Waals surface area contributed by atoms with Crippen LogP contribution in [0.25, 0.3) is 0 Å². The Labute approximate surface area is 136 Å². The smallest absolute Gasteiger partial charge is 0.136 e. The summed E-state index contributed by atoms with van der Waals surface area (Å²) >= 11 is 0. The highest BCUT2D eigenvalue weighted by molar-refractivity contribution is 5.38. The highest BCUT2D eigenvalue weighted by Crippen LogP contribution is 2.42. The number of hydrogen-bond acceptors (Lipinski definition) is 6. The summed E-state index contributed by atoms with van der Waals surface area (Å²) in [6.07, 6.45) is 0.00212. The molecule has 0 bridgehead atoms. The SMILES string of the molecule is [CH2]CCCc1ccc2c(c1)C(O)N(C1CCC(O)NC1O)C2O. The molecule has 0 spiro atoms. The van der Waals surface area contributed by atoms with E-state index in [1.165, 1.54) is 4.90 Å². The molecule has 1 fully saturated rings. The third kappa shape index (κ3) is 3.15. The van der Waals surface area contributed by atoms with Crippen molar-refractivity contribution in [1.29, 1.82) is 0 Å². The van der Waals surface area contributed by atoms with Crippen molar-refractivity contribution in [2.75, 3.05) is 0 Å². The van der Waals surface area contributed by atoms with E-state index in [4.69, 9.17) is 0 Å². The Morgan fingerprint density at radius 1 is 1.09 bits per heavy atom. The number of benzene rings is 1. The first-order chi connectivity index (χ1) is 11.0. The first-order valence-corrected chi connectivity index (χ1v) is 8.20. The molecule has 6 heteroatoms. The number of aryl methyl sites for hydroxylation is 1. The lowest BCUT2D eigenvalue weighted by Gasteiger charge is -2.40. The van der Waals surface area contributed by atoms with Crippen molar-refractivity contribution < 1.29 is 20.4 Å². The van der Waals surface area contributed by atoms with E-state index in [1.807, 2.05) is 18.2 Å². The fourth-order valence-electron chi connectivity index (χ4n) is 3.58. The number of nitrogens with zero attached hydrogens (tertiary/aromatic N) is 1. The van der Waals surface area contributed by atoms with E-state index >= 15 is 0 Å². The molecule has 2 heterocycles. The molecule has 23 heavy (non-hydrogen) atoms. The van der Waals surface area contributed by atoms with E-state index in [-0.39, 0.29) is 0 Å². The Morgan fingerprint density at radius 3 is 2.52 bits per heavy atom. The molecule has 1 aromatic rings. The lowest BCUT2D eigenvalue weighted by Crippen LogP contribution is -2.57. The molecule has 1 radical (unpaired) electrons. The Bertz CT molecular complexity index is 553. The molecular formula is C17H25N2O4. The summed E-state index contributed by atoms with van der Waals surface area (Å²) in [5.74, 6) is 0. The van der Waals surface area contributed by atoms with Crippen LogP contribution in [0.15, 0.2) is 18.2 Å². The van der Waals surface area contributed by atoms with Crippen LogP contribution in [0.2, 0.25) is 0 Å². The lowest BCUT2D eigenvalue weighted by molar-refractivity contribution is -0.159. The van der Waals surface area contributed by atoms with Crippen molar-refractivity contribution in [2.45, 2.75) is 63.1 Å². The summed E-state index contributed by atoms with van der Waals surface area (Å²) in [5, 5.41) is 43.6. The van der Waals surface area contributed by atoms with Crippen LogP contribution in [-0.2, 0) is 6.42 Å². The van der Waals surface area contributed by atoms with Crippen LogP contribution in [0.5, 0.6) is 0 Å². The Hall–Kier alpha value is -1.02. The lowest BCUT2D eigenvalue weighted by atomic mass is 10.0. The summed E-state index contributed by atoms with van der Waals surface area (Å²) in [6.45, 7) is 3.84.